The van der Waals surface area contributed by atoms with Gasteiger partial charge in [0.25, 0.3) is 0 Å². The lowest BCUT2D eigenvalue weighted by Crippen LogP contribution is -2.14. The van der Waals surface area contributed by atoms with Crippen LogP contribution < -0.4 is 10.1 Å². The fourth-order valence-corrected chi connectivity index (χ4v) is 3.90. The molecule has 3 rings (SSSR count). The van der Waals surface area contributed by atoms with Gasteiger partial charge in [-0.05, 0) is 12.1 Å². The topological polar surface area (TPSA) is 94.8 Å². The number of hydrogen-bond acceptors (Lipinski definition) is 8. The van der Waals surface area contributed by atoms with Gasteiger partial charge in [-0.25, -0.2) is 0 Å². The van der Waals surface area contributed by atoms with Crippen LogP contribution in [0.15, 0.2) is 29.4 Å². The summed E-state index contributed by atoms with van der Waals surface area (Å²) in [5.41, 5.74) is 0.753. The molecular weight excluding hydrogens is 396 g/mol. The second-order valence-corrected chi connectivity index (χ2v) is 8.98. The van der Waals surface area contributed by atoms with E-state index in [1.54, 1.807) is 7.11 Å². The zero-order valence-electron chi connectivity index (χ0n) is 16.4. The maximum absolute atomic E-state index is 12.3. The van der Waals surface area contributed by atoms with Crippen molar-refractivity contribution in [1.29, 1.82) is 0 Å². The number of para-hydroxylation sites is 1. The summed E-state index contributed by atoms with van der Waals surface area (Å²) < 4.78 is 7.24. The van der Waals surface area contributed by atoms with Crippen molar-refractivity contribution in [3.8, 4) is 17.1 Å². The first kappa shape index (κ1) is 20.3. The molecule has 0 fully saturated rings. The fraction of sp³-hybridized carbons (Fsp3) is 0.389. The van der Waals surface area contributed by atoms with Gasteiger partial charge >= 0.3 is 0 Å². The average Bonchev–Trinajstić information content (AvgIpc) is 3.26. The van der Waals surface area contributed by atoms with Gasteiger partial charge in [-0.15, -0.1) is 20.4 Å². The number of thioether (sulfide) groups is 1. The number of ether oxygens (including phenoxy) is 1. The molecule has 1 amide bonds. The molecule has 1 aromatic carbocycles. The summed E-state index contributed by atoms with van der Waals surface area (Å²) in [5, 5.41) is 21.4. The van der Waals surface area contributed by atoms with Gasteiger partial charge in [0, 0.05) is 12.5 Å². The summed E-state index contributed by atoms with van der Waals surface area (Å²) in [6.45, 7) is 6.17. The predicted molar refractivity (Wildman–Crippen MR) is 111 cm³/mol. The predicted octanol–water partition coefficient (Wildman–Crippen LogP) is 3.37. The Morgan fingerprint density at radius 2 is 1.96 bits per heavy atom. The number of methoxy groups -OCH3 is 1. The van der Waals surface area contributed by atoms with Crippen molar-refractivity contribution in [1.82, 2.24) is 25.0 Å². The summed E-state index contributed by atoms with van der Waals surface area (Å²) in [6.07, 6.45) is 0. The molecule has 0 spiro atoms. The van der Waals surface area contributed by atoms with E-state index in [9.17, 15) is 4.79 Å². The van der Waals surface area contributed by atoms with Crippen LogP contribution in [0.2, 0.25) is 0 Å². The molecule has 0 saturated heterocycles. The van der Waals surface area contributed by atoms with Gasteiger partial charge in [-0.2, -0.15) is 0 Å². The summed E-state index contributed by atoms with van der Waals surface area (Å²) in [5.74, 6) is 1.43. The molecule has 2 aromatic heterocycles. The first-order valence-electron chi connectivity index (χ1n) is 8.59. The molecule has 0 bridgehead atoms. The molecule has 0 atom stereocenters. The van der Waals surface area contributed by atoms with Crippen LogP contribution in [0.25, 0.3) is 11.4 Å². The number of carbonyl (C=O) groups excluding carboxylic acids is 1. The van der Waals surface area contributed by atoms with E-state index in [-0.39, 0.29) is 17.1 Å². The van der Waals surface area contributed by atoms with Crippen molar-refractivity contribution in [3.05, 3.63) is 29.3 Å². The molecule has 1 N–H and O–H groups in total. The highest BCUT2D eigenvalue weighted by Gasteiger charge is 2.20. The third-order valence-electron chi connectivity index (χ3n) is 3.83. The number of nitrogens with zero attached hydrogens (tertiary/aromatic N) is 5. The van der Waals surface area contributed by atoms with Gasteiger partial charge in [0.15, 0.2) is 11.0 Å². The third-order valence-corrected chi connectivity index (χ3v) is 6.11. The van der Waals surface area contributed by atoms with Crippen LogP contribution in [0, 0.1) is 0 Å². The van der Waals surface area contributed by atoms with E-state index in [0.717, 1.165) is 16.3 Å². The highest BCUT2D eigenvalue weighted by molar-refractivity contribution is 7.99. The van der Waals surface area contributed by atoms with E-state index in [0.29, 0.717) is 16.1 Å². The lowest BCUT2D eigenvalue weighted by Gasteiger charge is -2.12. The first-order valence-corrected chi connectivity index (χ1v) is 10.4. The van der Waals surface area contributed by atoms with Crippen LogP contribution in [-0.2, 0) is 17.3 Å². The number of hydrogen-bond donors (Lipinski definition) is 1. The monoisotopic (exact) mass is 418 g/mol. The van der Waals surface area contributed by atoms with Crippen LogP contribution in [0.5, 0.6) is 5.75 Å². The molecule has 0 saturated carbocycles. The van der Waals surface area contributed by atoms with Crippen molar-refractivity contribution >= 4 is 34.1 Å². The van der Waals surface area contributed by atoms with Crippen molar-refractivity contribution in [2.45, 2.75) is 31.3 Å². The van der Waals surface area contributed by atoms with E-state index >= 15 is 0 Å². The minimum atomic E-state index is -0.163. The first-order chi connectivity index (χ1) is 13.3. The third kappa shape index (κ3) is 4.50. The maximum atomic E-state index is 12.3. The molecule has 0 unspecified atom stereocenters. The molecule has 0 radical (unpaired) electrons. The van der Waals surface area contributed by atoms with Crippen LogP contribution in [0.1, 0.15) is 25.8 Å². The van der Waals surface area contributed by atoms with Gasteiger partial charge in [0.1, 0.15) is 10.8 Å². The second kappa shape index (κ2) is 8.27. The van der Waals surface area contributed by atoms with Crippen molar-refractivity contribution < 1.29 is 9.53 Å². The van der Waals surface area contributed by atoms with E-state index in [4.69, 9.17) is 4.74 Å². The van der Waals surface area contributed by atoms with Gasteiger partial charge in [0.2, 0.25) is 11.0 Å². The Bertz CT molecular complexity index is 977. The molecular formula is C18H22N6O2S2. The minimum absolute atomic E-state index is 0.0943. The van der Waals surface area contributed by atoms with Gasteiger partial charge in [0.05, 0.1) is 18.4 Å². The molecule has 28 heavy (non-hydrogen) atoms. The van der Waals surface area contributed by atoms with Crippen LogP contribution in [0.4, 0.5) is 5.13 Å². The molecule has 10 heteroatoms. The van der Waals surface area contributed by atoms with E-state index in [1.807, 2.05) is 35.9 Å². The number of nitrogens with one attached hydrogen (secondary N) is 1. The Kier molecular flexibility index (Phi) is 5.99. The fourth-order valence-electron chi connectivity index (χ4n) is 2.37. The number of benzene rings is 1. The van der Waals surface area contributed by atoms with Crippen LogP contribution in [0.3, 0.4) is 0 Å². The minimum Gasteiger partial charge on any atom is -0.496 e. The highest BCUT2D eigenvalue weighted by Crippen LogP contribution is 2.30. The Labute approximate surface area is 171 Å². The molecule has 3 aromatic rings. The molecule has 0 aliphatic heterocycles. The highest BCUT2D eigenvalue weighted by atomic mass is 32.2. The van der Waals surface area contributed by atoms with E-state index < -0.39 is 0 Å². The lowest BCUT2D eigenvalue weighted by atomic mass is 9.98. The number of anilines is 1. The standard InChI is InChI=1S/C18H22N6O2S2/c1-18(2,3)15-21-22-16(28-15)19-13(25)10-27-17-23-20-14(24(17)4)11-8-6-7-9-12(11)26-5/h6-9H,10H2,1-5H3,(H,19,22,25). The SMILES string of the molecule is COc1ccccc1-c1nnc(SCC(=O)Nc2nnc(C(C)(C)C)s2)n1C. The maximum Gasteiger partial charge on any atom is 0.236 e. The van der Waals surface area contributed by atoms with Crippen LogP contribution in [-0.4, -0.2) is 43.7 Å². The van der Waals surface area contributed by atoms with Gasteiger partial charge in [-0.3, -0.25) is 10.1 Å². The van der Waals surface area contributed by atoms with Crippen molar-refractivity contribution in [2.75, 3.05) is 18.2 Å². The van der Waals surface area contributed by atoms with E-state index in [1.165, 1.54) is 23.1 Å². The average molecular weight is 419 g/mol. The van der Waals surface area contributed by atoms with Crippen LogP contribution >= 0.6 is 23.1 Å². The molecule has 8 nitrogen and oxygen atoms in total. The van der Waals surface area contributed by atoms with Crippen molar-refractivity contribution in [2.24, 2.45) is 7.05 Å². The largest absolute Gasteiger partial charge is 0.496 e. The Balaban J connectivity index is 1.64. The molecule has 148 valence electrons. The zero-order chi connectivity index (χ0) is 20.3. The number of rotatable bonds is 6. The molecule has 0 aliphatic rings. The molecule has 2 heterocycles. The Hall–Kier alpha value is -2.46. The molecule has 0 aliphatic carbocycles. The van der Waals surface area contributed by atoms with Crippen molar-refractivity contribution in [3.63, 3.8) is 0 Å². The summed E-state index contributed by atoms with van der Waals surface area (Å²) in [6, 6.07) is 7.61. The smallest absolute Gasteiger partial charge is 0.236 e. The van der Waals surface area contributed by atoms with Gasteiger partial charge in [-0.1, -0.05) is 56.0 Å². The zero-order valence-corrected chi connectivity index (χ0v) is 18.0. The summed E-state index contributed by atoms with van der Waals surface area (Å²) in [4.78, 5) is 12.3. The Morgan fingerprint density at radius 3 is 2.64 bits per heavy atom. The lowest BCUT2D eigenvalue weighted by molar-refractivity contribution is -0.113. The summed E-state index contributed by atoms with van der Waals surface area (Å²) in [7, 11) is 3.48. The Morgan fingerprint density at radius 1 is 1.21 bits per heavy atom. The second-order valence-electron chi connectivity index (χ2n) is 7.06. The quantitative estimate of drug-likeness (QED) is 0.613. The number of amides is 1. The van der Waals surface area contributed by atoms with Gasteiger partial charge < -0.3 is 9.30 Å². The number of aromatic nitrogens is 5. The normalized spacial score (nSPS) is 11.5. The van der Waals surface area contributed by atoms with E-state index in [2.05, 4.69) is 46.5 Å². The number of carbonyl (C=O) groups is 1. The summed E-state index contributed by atoms with van der Waals surface area (Å²) >= 11 is 2.70.